The maximum atomic E-state index is 5.77. The molecule has 0 aliphatic heterocycles. The molecular formula is C9H9ClN4. The molecule has 5 heteroatoms. The Labute approximate surface area is 86.3 Å². The van der Waals surface area contributed by atoms with E-state index in [4.69, 9.17) is 17.3 Å². The van der Waals surface area contributed by atoms with Gasteiger partial charge in [-0.1, -0.05) is 16.8 Å². The zero-order chi connectivity index (χ0) is 9.97. The summed E-state index contributed by atoms with van der Waals surface area (Å²) in [6.07, 6.45) is 1.79. The fourth-order valence-electron chi connectivity index (χ4n) is 1.11. The second kappa shape index (κ2) is 3.77. The molecule has 0 atom stereocenters. The largest absolute Gasteiger partial charge is 0.325 e. The van der Waals surface area contributed by atoms with Crippen molar-refractivity contribution >= 4 is 11.6 Å². The second-order valence-corrected chi connectivity index (χ2v) is 3.27. The molecule has 1 aromatic carbocycles. The highest BCUT2D eigenvalue weighted by molar-refractivity contribution is 6.30. The van der Waals surface area contributed by atoms with E-state index in [2.05, 4.69) is 10.3 Å². The van der Waals surface area contributed by atoms with Crippen LogP contribution in [-0.2, 0) is 6.54 Å². The van der Waals surface area contributed by atoms with E-state index in [0.29, 0.717) is 11.6 Å². The molecule has 1 heterocycles. The molecule has 1 aromatic heterocycles. The highest BCUT2D eigenvalue weighted by atomic mass is 35.5. The summed E-state index contributed by atoms with van der Waals surface area (Å²) in [5.74, 6) is 0. The van der Waals surface area contributed by atoms with Crippen molar-refractivity contribution in [3.8, 4) is 5.69 Å². The molecule has 2 N–H and O–H groups in total. The molecule has 0 unspecified atom stereocenters. The van der Waals surface area contributed by atoms with Gasteiger partial charge in [-0.25, -0.2) is 4.68 Å². The Hall–Kier alpha value is -1.39. The molecule has 4 nitrogen and oxygen atoms in total. The van der Waals surface area contributed by atoms with Gasteiger partial charge in [-0.3, -0.25) is 0 Å². The zero-order valence-electron chi connectivity index (χ0n) is 7.39. The molecule has 0 radical (unpaired) electrons. The van der Waals surface area contributed by atoms with E-state index >= 15 is 0 Å². The van der Waals surface area contributed by atoms with Crippen LogP contribution in [0.2, 0.25) is 5.02 Å². The molecule has 0 spiro atoms. The normalized spacial score (nSPS) is 10.4. The first-order valence-electron chi connectivity index (χ1n) is 4.17. The van der Waals surface area contributed by atoms with Crippen LogP contribution in [0.25, 0.3) is 5.69 Å². The average molecular weight is 209 g/mol. The van der Waals surface area contributed by atoms with E-state index in [0.717, 1.165) is 11.4 Å². The van der Waals surface area contributed by atoms with Crippen molar-refractivity contribution in [1.82, 2.24) is 15.0 Å². The van der Waals surface area contributed by atoms with Crippen molar-refractivity contribution in [2.24, 2.45) is 5.73 Å². The van der Waals surface area contributed by atoms with E-state index in [1.807, 2.05) is 12.1 Å². The van der Waals surface area contributed by atoms with Gasteiger partial charge in [-0.2, -0.15) is 0 Å². The molecule has 2 aromatic rings. The Balaban J connectivity index is 2.34. The standard InChI is InChI=1S/C9H9ClN4/c10-7-1-3-9(4-2-7)14-6-8(5-11)12-13-14/h1-4,6H,5,11H2. The number of nitrogens with two attached hydrogens (primary N) is 1. The van der Waals surface area contributed by atoms with Crippen molar-refractivity contribution in [1.29, 1.82) is 0 Å². The Kier molecular flexibility index (Phi) is 2.47. The summed E-state index contributed by atoms with van der Waals surface area (Å²) in [4.78, 5) is 0. The highest BCUT2D eigenvalue weighted by Gasteiger charge is 2.00. The summed E-state index contributed by atoms with van der Waals surface area (Å²) in [7, 11) is 0. The van der Waals surface area contributed by atoms with Crippen LogP contribution in [-0.4, -0.2) is 15.0 Å². The summed E-state index contributed by atoms with van der Waals surface area (Å²) >= 11 is 5.77. The Bertz CT molecular complexity index is 421. The van der Waals surface area contributed by atoms with E-state index < -0.39 is 0 Å². The molecule has 0 saturated carbocycles. The van der Waals surface area contributed by atoms with E-state index in [9.17, 15) is 0 Å². The first kappa shape index (κ1) is 9.18. The van der Waals surface area contributed by atoms with E-state index in [1.54, 1.807) is 23.0 Å². The van der Waals surface area contributed by atoms with Gasteiger partial charge in [0.1, 0.15) is 0 Å². The van der Waals surface area contributed by atoms with Crippen LogP contribution >= 0.6 is 11.6 Å². The predicted octanol–water partition coefficient (Wildman–Crippen LogP) is 1.38. The fourth-order valence-corrected chi connectivity index (χ4v) is 1.24. The maximum absolute atomic E-state index is 5.77. The number of benzene rings is 1. The van der Waals surface area contributed by atoms with Gasteiger partial charge in [-0.15, -0.1) is 5.10 Å². The summed E-state index contributed by atoms with van der Waals surface area (Å²) in [5, 5.41) is 8.52. The SMILES string of the molecule is NCc1cn(-c2ccc(Cl)cc2)nn1. The van der Waals surface area contributed by atoms with Gasteiger partial charge in [0.05, 0.1) is 17.6 Å². The minimum Gasteiger partial charge on any atom is -0.325 e. The molecule has 0 bridgehead atoms. The van der Waals surface area contributed by atoms with Crippen LogP contribution in [0.5, 0.6) is 0 Å². The lowest BCUT2D eigenvalue weighted by Crippen LogP contribution is -1.95. The van der Waals surface area contributed by atoms with E-state index in [-0.39, 0.29) is 0 Å². The minimum absolute atomic E-state index is 0.396. The summed E-state index contributed by atoms with van der Waals surface area (Å²) in [6, 6.07) is 7.36. The molecule has 0 fully saturated rings. The summed E-state index contributed by atoms with van der Waals surface area (Å²) in [6.45, 7) is 0.396. The van der Waals surface area contributed by atoms with Gasteiger partial charge >= 0.3 is 0 Å². The molecular weight excluding hydrogens is 200 g/mol. The number of hydrogen-bond donors (Lipinski definition) is 1. The Morgan fingerprint density at radius 3 is 2.57 bits per heavy atom. The monoisotopic (exact) mass is 208 g/mol. The van der Waals surface area contributed by atoms with Gasteiger partial charge in [0.15, 0.2) is 0 Å². The fraction of sp³-hybridized carbons (Fsp3) is 0.111. The van der Waals surface area contributed by atoms with E-state index in [1.165, 1.54) is 0 Å². The van der Waals surface area contributed by atoms with Crippen LogP contribution in [0, 0.1) is 0 Å². The van der Waals surface area contributed by atoms with Crippen LogP contribution < -0.4 is 5.73 Å². The Morgan fingerprint density at radius 1 is 1.29 bits per heavy atom. The number of halogens is 1. The molecule has 0 aliphatic carbocycles. The third kappa shape index (κ3) is 1.76. The van der Waals surface area contributed by atoms with Gasteiger partial charge in [0, 0.05) is 11.6 Å². The quantitative estimate of drug-likeness (QED) is 0.811. The van der Waals surface area contributed by atoms with Crippen LogP contribution in [0.1, 0.15) is 5.69 Å². The van der Waals surface area contributed by atoms with Crippen molar-refractivity contribution in [2.45, 2.75) is 6.54 Å². The molecule has 0 saturated heterocycles. The molecule has 0 amide bonds. The molecule has 0 aliphatic rings. The highest BCUT2D eigenvalue weighted by Crippen LogP contribution is 2.12. The number of rotatable bonds is 2. The van der Waals surface area contributed by atoms with Gasteiger partial charge in [-0.05, 0) is 24.3 Å². The lowest BCUT2D eigenvalue weighted by atomic mass is 10.3. The maximum Gasteiger partial charge on any atom is 0.0967 e. The lowest BCUT2D eigenvalue weighted by Gasteiger charge is -1.98. The smallest absolute Gasteiger partial charge is 0.0967 e. The molecule has 72 valence electrons. The van der Waals surface area contributed by atoms with Gasteiger partial charge in [0.25, 0.3) is 0 Å². The molecule has 14 heavy (non-hydrogen) atoms. The van der Waals surface area contributed by atoms with Crippen LogP contribution in [0.3, 0.4) is 0 Å². The van der Waals surface area contributed by atoms with Crippen LogP contribution in [0.15, 0.2) is 30.5 Å². The van der Waals surface area contributed by atoms with Crippen molar-refractivity contribution in [3.63, 3.8) is 0 Å². The second-order valence-electron chi connectivity index (χ2n) is 2.83. The average Bonchev–Trinajstić information content (AvgIpc) is 2.67. The third-order valence-corrected chi connectivity index (χ3v) is 2.09. The predicted molar refractivity (Wildman–Crippen MR) is 54.3 cm³/mol. The number of hydrogen-bond acceptors (Lipinski definition) is 3. The molecule has 2 rings (SSSR count). The van der Waals surface area contributed by atoms with Crippen molar-refractivity contribution in [2.75, 3.05) is 0 Å². The van der Waals surface area contributed by atoms with Crippen molar-refractivity contribution < 1.29 is 0 Å². The van der Waals surface area contributed by atoms with Crippen LogP contribution in [0.4, 0.5) is 0 Å². The van der Waals surface area contributed by atoms with Crippen molar-refractivity contribution in [3.05, 3.63) is 41.2 Å². The number of nitrogens with zero attached hydrogens (tertiary/aromatic N) is 3. The number of aromatic nitrogens is 3. The Morgan fingerprint density at radius 2 is 2.00 bits per heavy atom. The third-order valence-electron chi connectivity index (χ3n) is 1.84. The minimum atomic E-state index is 0.396. The first-order chi connectivity index (χ1) is 6.79. The summed E-state index contributed by atoms with van der Waals surface area (Å²) < 4.78 is 1.67. The topological polar surface area (TPSA) is 56.7 Å². The van der Waals surface area contributed by atoms with Gasteiger partial charge < -0.3 is 5.73 Å². The van der Waals surface area contributed by atoms with Gasteiger partial charge in [0.2, 0.25) is 0 Å². The first-order valence-corrected chi connectivity index (χ1v) is 4.54. The lowest BCUT2D eigenvalue weighted by molar-refractivity contribution is 0.797. The zero-order valence-corrected chi connectivity index (χ0v) is 8.15. The summed E-state index contributed by atoms with van der Waals surface area (Å²) in [5.41, 5.74) is 7.11.